The van der Waals surface area contributed by atoms with Gasteiger partial charge in [0.2, 0.25) is 11.8 Å². The molecule has 37 heavy (non-hydrogen) atoms. The van der Waals surface area contributed by atoms with Gasteiger partial charge in [-0.25, -0.2) is 0 Å². The molecule has 0 aliphatic heterocycles. The Morgan fingerprint density at radius 2 is 1.73 bits per heavy atom. The van der Waals surface area contributed by atoms with Gasteiger partial charge in [0.25, 0.3) is 0 Å². The number of nitrogens with one attached hydrogen (secondary N) is 1. The number of aromatic nitrogens is 1. The number of amides is 2. The molecule has 2 aromatic carbocycles. The Kier molecular flexibility index (Phi) is 10.4. The van der Waals surface area contributed by atoms with E-state index >= 15 is 0 Å². The molecule has 0 fully saturated rings. The third-order valence-corrected chi connectivity index (χ3v) is 6.51. The quantitative estimate of drug-likeness (QED) is 0.316. The van der Waals surface area contributed by atoms with Gasteiger partial charge in [-0.2, -0.15) is 0 Å². The summed E-state index contributed by atoms with van der Waals surface area (Å²) in [5, 5.41) is 1.16. The van der Waals surface area contributed by atoms with E-state index in [1.165, 1.54) is 5.56 Å². The lowest BCUT2D eigenvalue weighted by Crippen LogP contribution is -2.44. The van der Waals surface area contributed by atoms with Crippen LogP contribution in [0, 0.1) is 5.92 Å². The van der Waals surface area contributed by atoms with Crippen molar-refractivity contribution in [1.82, 2.24) is 14.8 Å². The monoisotopic (exact) mass is 507 g/mol. The Morgan fingerprint density at radius 3 is 2.43 bits per heavy atom. The molecule has 0 atom stereocenters. The molecule has 0 radical (unpaired) electrons. The number of ether oxygens (including phenoxy) is 2. The van der Waals surface area contributed by atoms with Crippen molar-refractivity contribution in [3.8, 4) is 11.5 Å². The maximum atomic E-state index is 13.7. The van der Waals surface area contributed by atoms with Crippen molar-refractivity contribution >= 4 is 22.7 Å². The van der Waals surface area contributed by atoms with Gasteiger partial charge in [0, 0.05) is 43.2 Å². The number of hydrogen-bond acceptors (Lipinski definition) is 4. The third kappa shape index (κ3) is 7.75. The second-order valence-corrected chi connectivity index (χ2v) is 9.89. The predicted octanol–water partition coefficient (Wildman–Crippen LogP) is 5.43. The number of methoxy groups -OCH3 is 2. The molecule has 0 spiro atoms. The van der Waals surface area contributed by atoms with Crippen molar-refractivity contribution in [1.29, 1.82) is 0 Å². The molecule has 2 amide bonds. The average molecular weight is 508 g/mol. The van der Waals surface area contributed by atoms with Gasteiger partial charge in [0.05, 0.1) is 20.8 Å². The summed E-state index contributed by atoms with van der Waals surface area (Å²) in [6, 6.07) is 13.9. The number of nitrogens with zero attached hydrogens (tertiary/aromatic N) is 2. The molecule has 0 saturated heterocycles. The van der Waals surface area contributed by atoms with E-state index in [9.17, 15) is 9.59 Å². The number of hydrogen-bond donors (Lipinski definition) is 1. The molecule has 0 aliphatic rings. The van der Waals surface area contributed by atoms with Crippen molar-refractivity contribution in [2.24, 2.45) is 5.92 Å². The minimum absolute atomic E-state index is 0.0478. The fourth-order valence-electron chi connectivity index (χ4n) is 4.53. The molecule has 0 aliphatic carbocycles. The molecule has 3 aromatic rings. The Balaban J connectivity index is 1.83. The van der Waals surface area contributed by atoms with Crippen molar-refractivity contribution in [3.63, 3.8) is 0 Å². The lowest BCUT2D eigenvalue weighted by atomic mass is 10.1. The zero-order valence-corrected chi connectivity index (χ0v) is 22.9. The van der Waals surface area contributed by atoms with E-state index in [-0.39, 0.29) is 24.3 Å². The van der Waals surface area contributed by atoms with E-state index in [1.54, 1.807) is 19.1 Å². The smallest absolute Gasteiger partial charge is 0.242 e. The Bertz CT molecular complexity index is 1170. The molecular formula is C30H41N3O4. The van der Waals surface area contributed by atoms with Crippen LogP contribution in [-0.2, 0) is 22.6 Å². The molecule has 0 unspecified atom stereocenters. The summed E-state index contributed by atoms with van der Waals surface area (Å²) >= 11 is 0. The molecule has 3 rings (SSSR count). The number of carbonyl (C=O) groups excluding carboxylic acids is 2. The van der Waals surface area contributed by atoms with E-state index in [2.05, 4.69) is 37.9 Å². The van der Waals surface area contributed by atoms with Gasteiger partial charge >= 0.3 is 0 Å². The van der Waals surface area contributed by atoms with Crippen molar-refractivity contribution in [2.75, 3.05) is 33.9 Å². The summed E-state index contributed by atoms with van der Waals surface area (Å²) < 4.78 is 10.9. The van der Waals surface area contributed by atoms with Crippen LogP contribution < -0.4 is 9.47 Å². The van der Waals surface area contributed by atoms with Crippen LogP contribution in [0.4, 0.5) is 0 Å². The Labute approximate surface area is 220 Å². The highest BCUT2D eigenvalue weighted by Gasteiger charge is 2.23. The summed E-state index contributed by atoms with van der Waals surface area (Å²) in [7, 11) is 3.21. The molecule has 7 heteroatoms. The van der Waals surface area contributed by atoms with Crippen LogP contribution in [0.15, 0.2) is 48.7 Å². The van der Waals surface area contributed by atoms with Crippen molar-refractivity contribution < 1.29 is 19.1 Å². The van der Waals surface area contributed by atoms with Gasteiger partial charge in [-0.15, -0.1) is 0 Å². The van der Waals surface area contributed by atoms with Crippen LogP contribution in [0.5, 0.6) is 11.5 Å². The van der Waals surface area contributed by atoms with Crippen LogP contribution in [0.25, 0.3) is 10.9 Å². The van der Waals surface area contributed by atoms with Gasteiger partial charge in [-0.3, -0.25) is 9.59 Å². The lowest BCUT2D eigenvalue weighted by molar-refractivity contribution is -0.141. The highest BCUT2D eigenvalue weighted by Crippen LogP contribution is 2.28. The van der Waals surface area contributed by atoms with Gasteiger partial charge in [0.1, 0.15) is 0 Å². The SMILES string of the molecule is CCCCC(=O)N(CC(=O)N(CCc1c[nH]c2ccccc12)Cc1ccc(OC)c(OC)c1)CC(C)C. The summed E-state index contributed by atoms with van der Waals surface area (Å²) in [5.41, 5.74) is 3.19. The summed E-state index contributed by atoms with van der Waals surface area (Å²) in [4.78, 5) is 33.5. The molecule has 0 bridgehead atoms. The fourth-order valence-corrected chi connectivity index (χ4v) is 4.53. The van der Waals surface area contributed by atoms with Crippen LogP contribution >= 0.6 is 0 Å². The first-order valence-corrected chi connectivity index (χ1v) is 13.2. The number of benzene rings is 2. The first kappa shape index (κ1) is 28.1. The molecule has 1 aromatic heterocycles. The number of para-hydroxylation sites is 1. The number of fused-ring (bicyclic) bond motifs is 1. The topological polar surface area (TPSA) is 74.9 Å². The van der Waals surface area contributed by atoms with Crippen molar-refractivity contribution in [2.45, 2.75) is 53.0 Å². The lowest BCUT2D eigenvalue weighted by Gasteiger charge is -2.29. The summed E-state index contributed by atoms with van der Waals surface area (Å²) in [6.45, 7) is 7.82. The minimum Gasteiger partial charge on any atom is -0.493 e. The van der Waals surface area contributed by atoms with Crippen LogP contribution in [0.3, 0.4) is 0 Å². The normalized spacial score (nSPS) is 11.1. The Morgan fingerprint density at radius 1 is 0.973 bits per heavy atom. The standard InChI is InChI=1S/C30H41N3O4/c1-6-7-12-29(34)33(19-22(2)3)21-30(35)32(20-23-13-14-27(36-4)28(17-23)37-5)16-15-24-18-31-26-11-9-8-10-25(24)26/h8-11,13-14,17-18,22,31H,6-7,12,15-16,19-21H2,1-5H3. The molecule has 200 valence electrons. The van der Waals surface area contributed by atoms with Gasteiger partial charge in [-0.05, 0) is 48.1 Å². The van der Waals surface area contributed by atoms with Crippen LogP contribution in [-0.4, -0.2) is 60.5 Å². The predicted molar refractivity (Wildman–Crippen MR) is 148 cm³/mol. The number of H-pyrrole nitrogens is 1. The minimum atomic E-state index is -0.0554. The maximum Gasteiger partial charge on any atom is 0.242 e. The second kappa shape index (κ2) is 13.7. The zero-order chi connectivity index (χ0) is 26.8. The number of rotatable bonds is 14. The Hall–Kier alpha value is -3.48. The van der Waals surface area contributed by atoms with Gasteiger partial charge in [0.15, 0.2) is 11.5 Å². The van der Waals surface area contributed by atoms with Crippen LogP contribution in [0.1, 0.15) is 51.2 Å². The molecular weight excluding hydrogens is 466 g/mol. The molecule has 1 heterocycles. The average Bonchev–Trinajstić information content (AvgIpc) is 3.31. The highest BCUT2D eigenvalue weighted by molar-refractivity contribution is 5.85. The first-order chi connectivity index (χ1) is 17.9. The van der Waals surface area contributed by atoms with Crippen molar-refractivity contribution in [3.05, 3.63) is 59.8 Å². The van der Waals surface area contributed by atoms with Crippen LogP contribution in [0.2, 0.25) is 0 Å². The zero-order valence-electron chi connectivity index (χ0n) is 22.9. The largest absolute Gasteiger partial charge is 0.493 e. The molecule has 1 N–H and O–H groups in total. The number of carbonyl (C=O) groups is 2. The van der Waals surface area contributed by atoms with Gasteiger partial charge in [-0.1, -0.05) is 51.5 Å². The number of unbranched alkanes of at least 4 members (excludes halogenated alkanes) is 1. The first-order valence-electron chi connectivity index (χ1n) is 13.2. The van der Waals surface area contributed by atoms with Gasteiger partial charge < -0.3 is 24.3 Å². The molecule has 0 saturated carbocycles. The van der Waals surface area contributed by atoms with E-state index in [1.807, 2.05) is 41.4 Å². The third-order valence-electron chi connectivity index (χ3n) is 6.51. The van der Waals surface area contributed by atoms with E-state index < -0.39 is 0 Å². The molecule has 7 nitrogen and oxygen atoms in total. The second-order valence-electron chi connectivity index (χ2n) is 9.89. The van der Waals surface area contributed by atoms with E-state index in [4.69, 9.17) is 9.47 Å². The summed E-state index contributed by atoms with van der Waals surface area (Å²) in [5.74, 6) is 1.54. The fraction of sp³-hybridized carbons (Fsp3) is 0.467. The van der Waals surface area contributed by atoms with E-state index in [0.717, 1.165) is 29.3 Å². The number of aromatic amines is 1. The van der Waals surface area contributed by atoms with E-state index in [0.29, 0.717) is 44.0 Å². The maximum absolute atomic E-state index is 13.7. The highest BCUT2D eigenvalue weighted by atomic mass is 16.5. The summed E-state index contributed by atoms with van der Waals surface area (Å²) in [6.07, 6.45) is 4.98.